The van der Waals surface area contributed by atoms with E-state index in [-0.39, 0.29) is 11.1 Å². The molecule has 7 nitrogen and oxygen atoms in total. The van der Waals surface area contributed by atoms with Crippen LogP contribution in [0.2, 0.25) is 0 Å². The molecule has 0 spiro atoms. The minimum Gasteiger partial charge on any atom is -0.508 e. The second-order valence-corrected chi connectivity index (χ2v) is 4.75. The lowest BCUT2D eigenvalue weighted by Crippen LogP contribution is -2.02. The third kappa shape index (κ3) is 2.80. The Kier molecular flexibility index (Phi) is 3.35. The zero-order valence-corrected chi connectivity index (χ0v) is 8.70. The van der Waals surface area contributed by atoms with Gasteiger partial charge in [-0.25, -0.2) is 4.79 Å². The van der Waals surface area contributed by atoms with Gasteiger partial charge >= 0.3 is 13.6 Å². The fraction of sp³-hybridized carbons (Fsp3) is 0.125. The molecule has 5 N–H and O–H groups in total. The van der Waals surface area contributed by atoms with Gasteiger partial charge in [-0.05, 0) is 23.8 Å². The lowest BCUT2D eigenvalue weighted by Gasteiger charge is -2.13. The van der Waals surface area contributed by atoms with Gasteiger partial charge in [-0.3, -0.25) is 4.57 Å². The number of hydrogen-bond donors (Lipinski definition) is 5. The molecular formula is C8H9O7P. The number of carbonyl (C=O) groups is 1. The summed E-state index contributed by atoms with van der Waals surface area (Å²) in [7, 11) is -4.80. The first-order valence-corrected chi connectivity index (χ1v) is 5.70. The van der Waals surface area contributed by atoms with Crippen LogP contribution in [0.4, 0.5) is 0 Å². The fourth-order valence-electron chi connectivity index (χ4n) is 1.10. The topological polar surface area (TPSA) is 135 Å². The number of carboxylic acids is 1. The van der Waals surface area contributed by atoms with E-state index in [9.17, 15) is 14.5 Å². The second kappa shape index (κ2) is 4.23. The highest BCUT2D eigenvalue weighted by atomic mass is 31.2. The van der Waals surface area contributed by atoms with Crippen LogP contribution in [0.5, 0.6) is 5.75 Å². The van der Waals surface area contributed by atoms with E-state index >= 15 is 0 Å². The van der Waals surface area contributed by atoms with Crippen LogP contribution in [0, 0.1) is 0 Å². The average Bonchev–Trinajstić information content (AvgIpc) is 2.14. The summed E-state index contributed by atoms with van der Waals surface area (Å²) in [6.45, 7) is 0. The molecular weight excluding hydrogens is 239 g/mol. The highest BCUT2D eigenvalue weighted by Gasteiger charge is 2.29. The predicted octanol–water partition coefficient (Wildman–Crippen LogP) is 0.259. The Labute approximate surface area is 89.8 Å². The van der Waals surface area contributed by atoms with Gasteiger partial charge in [0.2, 0.25) is 0 Å². The van der Waals surface area contributed by atoms with E-state index in [4.69, 9.17) is 20.0 Å². The van der Waals surface area contributed by atoms with Crippen molar-refractivity contribution in [1.82, 2.24) is 0 Å². The summed E-state index contributed by atoms with van der Waals surface area (Å²) in [6.07, 6.45) is 0. The molecule has 0 aliphatic carbocycles. The smallest absolute Gasteiger partial charge is 0.358 e. The van der Waals surface area contributed by atoms with Gasteiger partial charge in [0.05, 0.1) is 5.56 Å². The first-order chi connectivity index (χ1) is 7.21. The number of aromatic carboxylic acids is 1. The van der Waals surface area contributed by atoms with Crippen LogP contribution in [0.15, 0.2) is 18.2 Å². The molecule has 0 amide bonds. The number of benzene rings is 1. The minimum atomic E-state index is -4.80. The number of aromatic hydroxyl groups is 1. The SMILES string of the molecule is O=C(O)c1cc(O)cc(C(O)P(=O)(O)O)c1. The summed E-state index contributed by atoms with van der Waals surface area (Å²) < 4.78 is 10.7. The molecule has 0 aliphatic rings. The summed E-state index contributed by atoms with van der Waals surface area (Å²) in [4.78, 5) is 28.0. The zero-order chi connectivity index (χ0) is 12.5. The first-order valence-electron chi connectivity index (χ1n) is 4.02. The Balaban J connectivity index is 3.25. The molecule has 1 unspecified atom stereocenters. The summed E-state index contributed by atoms with van der Waals surface area (Å²) >= 11 is 0. The largest absolute Gasteiger partial charge is 0.508 e. The molecule has 1 aromatic rings. The molecule has 0 saturated carbocycles. The quantitative estimate of drug-likeness (QED) is 0.484. The van der Waals surface area contributed by atoms with Crippen LogP contribution < -0.4 is 0 Å². The summed E-state index contributed by atoms with van der Waals surface area (Å²) in [5.74, 6) is -4.03. The van der Waals surface area contributed by atoms with Crippen molar-refractivity contribution in [2.45, 2.75) is 5.85 Å². The van der Waals surface area contributed by atoms with E-state index in [1.54, 1.807) is 0 Å². The summed E-state index contributed by atoms with van der Waals surface area (Å²) in [6, 6.07) is 2.67. The maximum absolute atomic E-state index is 10.7. The molecule has 0 saturated heterocycles. The highest BCUT2D eigenvalue weighted by molar-refractivity contribution is 7.51. The van der Waals surface area contributed by atoms with E-state index < -0.39 is 25.2 Å². The first kappa shape index (κ1) is 12.7. The van der Waals surface area contributed by atoms with E-state index in [1.165, 1.54) is 0 Å². The number of phenols is 1. The number of carboxylic acid groups (broad SMARTS) is 1. The van der Waals surface area contributed by atoms with Crippen LogP contribution in [0.1, 0.15) is 21.8 Å². The average molecular weight is 248 g/mol. The van der Waals surface area contributed by atoms with Crippen LogP contribution in [-0.4, -0.2) is 31.1 Å². The maximum atomic E-state index is 10.7. The Morgan fingerprint density at radius 1 is 1.25 bits per heavy atom. The highest BCUT2D eigenvalue weighted by Crippen LogP contribution is 2.50. The molecule has 0 bridgehead atoms. The van der Waals surface area contributed by atoms with Gasteiger partial charge in [0.25, 0.3) is 0 Å². The summed E-state index contributed by atoms with van der Waals surface area (Å²) in [5.41, 5.74) is -0.728. The van der Waals surface area contributed by atoms with Gasteiger partial charge in [0.1, 0.15) is 5.75 Å². The van der Waals surface area contributed by atoms with E-state index in [2.05, 4.69) is 0 Å². The molecule has 1 aromatic carbocycles. The third-order valence-electron chi connectivity index (χ3n) is 1.80. The monoisotopic (exact) mass is 248 g/mol. The molecule has 0 fully saturated rings. The Hall–Kier alpha value is -1.40. The van der Waals surface area contributed by atoms with Gasteiger partial charge in [0.15, 0.2) is 5.85 Å². The number of phenolic OH excluding ortho intramolecular Hbond substituents is 1. The van der Waals surface area contributed by atoms with Gasteiger partial charge in [0, 0.05) is 0 Å². The number of aliphatic hydroxyl groups excluding tert-OH is 1. The Morgan fingerprint density at radius 3 is 2.25 bits per heavy atom. The number of hydrogen-bond acceptors (Lipinski definition) is 4. The molecule has 8 heteroatoms. The van der Waals surface area contributed by atoms with Gasteiger partial charge in [-0.15, -0.1) is 0 Å². The molecule has 88 valence electrons. The van der Waals surface area contributed by atoms with Crippen LogP contribution in [0.3, 0.4) is 0 Å². The second-order valence-electron chi connectivity index (χ2n) is 3.08. The molecule has 1 rings (SSSR count). The Morgan fingerprint density at radius 2 is 1.81 bits per heavy atom. The van der Waals surface area contributed by atoms with Crippen molar-refractivity contribution in [3.63, 3.8) is 0 Å². The maximum Gasteiger partial charge on any atom is 0.358 e. The van der Waals surface area contributed by atoms with Crippen molar-refractivity contribution in [2.24, 2.45) is 0 Å². The molecule has 0 aliphatic heterocycles. The fourth-order valence-corrected chi connectivity index (χ4v) is 1.64. The van der Waals surface area contributed by atoms with Crippen molar-refractivity contribution < 1.29 is 34.5 Å². The van der Waals surface area contributed by atoms with E-state index in [1.807, 2.05) is 0 Å². The van der Waals surface area contributed by atoms with Crippen LogP contribution >= 0.6 is 7.60 Å². The molecule has 0 heterocycles. The standard InChI is InChI=1S/C8H9O7P/c9-6-2-4(7(10)11)1-5(3-6)8(12)16(13,14)15/h1-3,8-9,12H,(H,10,11)(H2,13,14,15). The van der Waals surface area contributed by atoms with Crippen LogP contribution in [-0.2, 0) is 4.57 Å². The van der Waals surface area contributed by atoms with Crippen molar-refractivity contribution >= 4 is 13.6 Å². The van der Waals surface area contributed by atoms with Crippen LogP contribution in [0.25, 0.3) is 0 Å². The minimum absolute atomic E-state index is 0.356. The molecule has 0 radical (unpaired) electrons. The van der Waals surface area contributed by atoms with Gasteiger partial charge < -0.3 is 25.1 Å². The van der Waals surface area contributed by atoms with E-state index in [0.29, 0.717) is 0 Å². The summed E-state index contributed by atoms with van der Waals surface area (Å²) in [5, 5.41) is 27.0. The molecule has 1 atom stereocenters. The Bertz CT molecular complexity index is 463. The van der Waals surface area contributed by atoms with Gasteiger partial charge in [-0.1, -0.05) is 0 Å². The van der Waals surface area contributed by atoms with Crippen molar-refractivity contribution in [1.29, 1.82) is 0 Å². The van der Waals surface area contributed by atoms with Crippen molar-refractivity contribution in [2.75, 3.05) is 0 Å². The molecule has 16 heavy (non-hydrogen) atoms. The molecule has 0 aromatic heterocycles. The lowest BCUT2D eigenvalue weighted by atomic mass is 10.1. The zero-order valence-electron chi connectivity index (χ0n) is 7.81. The van der Waals surface area contributed by atoms with Crippen molar-refractivity contribution in [3.8, 4) is 5.75 Å². The normalized spacial score (nSPS) is 13.4. The lowest BCUT2D eigenvalue weighted by molar-refractivity contribution is 0.0696. The van der Waals surface area contributed by atoms with E-state index in [0.717, 1.165) is 18.2 Å². The van der Waals surface area contributed by atoms with Gasteiger partial charge in [-0.2, -0.15) is 0 Å². The number of aliphatic hydroxyl groups is 1. The predicted molar refractivity (Wildman–Crippen MR) is 52.1 cm³/mol. The van der Waals surface area contributed by atoms with Crippen molar-refractivity contribution in [3.05, 3.63) is 29.3 Å². The number of rotatable bonds is 3. The third-order valence-corrected chi connectivity index (χ3v) is 2.74.